The summed E-state index contributed by atoms with van der Waals surface area (Å²) in [5.74, 6) is -1.08. The Morgan fingerprint density at radius 1 is 0.275 bits per heavy atom. The van der Waals surface area contributed by atoms with E-state index in [2.05, 4.69) is 179 Å². The number of ether oxygens (including phenoxy) is 3. The molecule has 0 amide bonds. The Morgan fingerprint density at radius 2 is 0.525 bits per heavy atom. The molecule has 0 aromatic carbocycles. The first-order chi connectivity index (χ1) is 39.5. The number of carbonyl (C=O) groups excluding carboxylic acids is 3. The van der Waals surface area contributed by atoms with Crippen molar-refractivity contribution >= 4 is 17.9 Å². The lowest BCUT2D eigenvalue weighted by Gasteiger charge is -2.18. The molecule has 0 aromatic heterocycles. The van der Waals surface area contributed by atoms with Crippen LogP contribution in [0.25, 0.3) is 0 Å². The monoisotopic (exact) mass is 1100 g/mol. The van der Waals surface area contributed by atoms with E-state index >= 15 is 0 Å². The van der Waals surface area contributed by atoms with Crippen LogP contribution in [0, 0.1) is 0 Å². The van der Waals surface area contributed by atoms with E-state index in [0.29, 0.717) is 19.3 Å². The maximum Gasteiger partial charge on any atom is 0.310 e. The summed E-state index contributed by atoms with van der Waals surface area (Å²) in [5, 5.41) is 0. The van der Waals surface area contributed by atoms with Gasteiger partial charge in [-0.3, -0.25) is 14.4 Å². The van der Waals surface area contributed by atoms with Crippen LogP contribution < -0.4 is 0 Å². The fourth-order valence-corrected chi connectivity index (χ4v) is 8.23. The van der Waals surface area contributed by atoms with E-state index in [1.165, 1.54) is 77.0 Å². The van der Waals surface area contributed by atoms with E-state index < -0.39 is 12.1 Å². The highest BCUT2D eigenvalue weighted by atomic mass is 16.6. The molecule has 0 radical (unpaired) electrons. The lowest BCUT2D eigenvalue weighted by Crippen LogP contribution is -2.30. The lowest BCUT2D eigenvalue weighted by molar-refractivity contribution is -0.166. The Balaban J connectivity index is 4.37. The Morgan fingerprint density at radius 3 is 0.838 bits per heavy atom. The van der Waals surface area contributed by atoms with Crippen LogP contribution >= 0.6 is 0 Å². The second-order valence-electron chi connectivity index (χ2n) is 20.6. The highest BCUT2D eigenvalue weighted by Gasteiger charge is 2.19. The van der Waals surface area contributed by atoms with Gasteiger partial charge in [0, 0.05) is 12.8 Å². The molecule has 448 valence electrons. The van der Waals surface area contributed by atoms with Gasteiger partial charge in [-0.2, -0.15) is 0 Å². The molecule has 1 unspecified atom stereocenters. The molecule has 6 nitrogen and oxygen atoms in total. The number of esters is 3. The fraction of sp³-hybridized carbons (Fsp3) is 0.581. The summed E-state index contributed by atoms with van der Waals surface area (Å²) >= 11 is 0. The van der Waals surface area contributed by atoms with Gasteiger partial charge in [0.05, 0.1) is 6.42 Å². The molecule has 0 aliphatic heterocycles. The summed E-state index contributed by atoms with van der Waals surface area (Å²) in [7, 11) is 0. The molecule has 1 atom stereocenters. The Kier molecular flexibility index (Phi) is 61.9. The van der Waals surface area contributed by atoms with Gasteiger partial charge in [-0.25, -0.2) is 0 Å². The molecule has 0 aliphatic rings. The van der Waals surface area contributed by atoms with Gasteiger partial charge in [-0.1, -0.05) is 274 Å². The Bertz CT molecular complexity index is 1840. The third-order valence-electron chi connectivity index (χ3n) is 13.0. The van der Waals surface area contributed by atoms with Crippen LogP contribution in [0.15, 0.2) is 170 Å². The van der Waals surface area contributed by atoms with E-state index in [9.17, 15) is 14.4 Å². The largest absolute Gasteiger partial charge is 0.462 e. The van der Waals surface area contributed by atoms with Crippen molar-refractivity contribution in [2.75, 3.05) is 13.2 Å². The SMILES string of the molecule is CC/C=C\C/C=C\C/C=C\C/C=C\C/C=C\C/C=C\C/C=C\C/C=C\CCCCCCCCCCC(=O)OCC(COC(=O)CCCCCCC/C=C\CCCCCCC)OC(=O)C/C=C\C/C=C\C/C=C\C/C=C\C/C=C\CC. The van der Waals surface area contributed by atoms with E-state index in [1.54, 1.807) is 6.08 Å². The van der Waals surface area contributed by atoms with Gasteiger partial charge in [0.2, 0.25) is 0 Å². The van der Waals surface area contributed by atoms with Gasteiger partial charge in [-0.05, 0) is 135 Å². The van der Waals surface area contributed by atoms with Crippen LogP contribution in [-0.2, 0) is 28.6 Å². The topological polar surface area (TPSA) is 78.9 Å². The predicted octanol–water partition coefficient (Wildman–Crippen LogP) is 22.3. The standard InChI is InChI=1S/C74H116O6/c1-4-7-10-13-16-19-22-25-28-29-30-31-32-33-34-35-36-37-38-39-40-41-42-43-44-45-47-49-52-55-58-61-64-67-73(76)79-70-71(69-78-72(75)66-63-60-57-54-51-48-27-24-21-18-15-12-9-6-3)80-74(77)68-65-62-59-56-53-50-46-26-23-20-17-14-11-8-5-2/h7-8,10-11,16-17,19-20,24-28,30-31,33-34,36-37,39-40,42-43,46,53,56,62,65,71H,4-6,9,12-15,18,21-23,29,32,35,38,41,44-45,47-52,54-55,57-61,63-64,66-70H2,1-3H3/b10-7-,11-8-,19-16-,20-17-,27-24-,28-25-,31-30-,34-33-,37-36-,40-39-,43-42-,46-26-,56-53-,65-62-. The summed E-state index contributed by atoms with van der Waals surface area (Å²) in [6.45, 7) is 6.29. The Hall–Kier alpha value is -5.23. The van der Waals surface area contributed by atoms with Crippen molar-refractivity contribution in [3.8, 4) is 0 Å². The molecular formula is C74H116O6. The quantitative estimate of drug-likeness (QED) is 0.0261. The molecule has 0 bridgehead atoms. The lowest BCUT2D eigenvalue weighted by atomic mass is 10.1. The first kappa shape index (κ1) is 74.8. The van der Waals surface area contributed by atoms with Crippen molar-refractivity contribution in [1.82, 2.24) is 0 Å². The molecule has 0 saturated heterocycles. The number of allylic oxidation sites excluding steroid dienone is 27. The summed E-state index contributed by atoms with van der Waals surface area (Å²) in [6, 6.07) is 0. The maximum absolute atomic E-state index is 12.8. The van der Waals surface area contributed by atoms with Crippen molar-refractivity contribution in [2.24, 2.45) is 0 Å². The minimum Gasteiger partial charge on any atom is -0.462 e. The second-order valence-corrected chi connectivity index (χ2v) is 20.6. The molecule has 0 aliphatic carbocycles. The maximum atomic E-state index is 12.8. The van der Waals surface area contributed by atoms with E-state index in [4.69, 9.17) is 14.2 Å². The number of rotatable bonds is 56. The molecule has 0 rings (SSSR count). The molecule has 0 fully saturated rings. The first-order valence-electron chi connectivity index (χ1n) is 32.1. The van der Waals surface area contributed by atoms with Crippen LogP contribution in [0.5, 0.6) is 0 Å². The summed E-state index contributed by atoms with van der Waals surface area (Å²) in [6.07, 6.45) is 98.2. The van der Waals surface area contributed by atoms with E-state index in [1.807, 2.05) is 6.08 Å². The fourth-order valence-electron chi connectivity index (χ4n) is 8.23. The van der Waals surface area contributed by atoms with Crippen LogP contribution in [0.1, 0.15) is 258 Å². The summed E-state index contributed by atoms with van der Waals surface area (Å²) in [4.78, 5) is 38.2. The predicted molar refractivity (Wildman–Crippen MR) is 348 cm³/mol. The van der Waals surface area contributed by atoms with Crippen molar-refractivity contribution in [3.63, 3.8) is 0 Å². The summed E-state index contributed by atoms with van der Waals surface area (Å²) < 4.78 is 16.8. The van der Waals surface area contributed by atoms with Gasteiger partial charge >= 0.3 is 17.9 Å². The average Bonchev–Trinajstić information content (AvgIpc) is 3.46. The summed E-state index contributed by atoms with van der Waals surface area (Å²) in [5.41, 5.74) is 0. The number of unbranched alkanes of at least 4 members (excludes halogenated alkanes) is 18. The van der Waals surface area contributed by atoms with Crippen LogP contribution in [0.3, 0.4) is 0 Å². The molecule has 0 heterocycles. The second kappa shape index (κ2) is 66.3. The third kappa shape index (κ3) is 63.6. The van der Waals surface area contributed by atoms with Gasteiger partial charge in [0.15, 0.2) is 6.10 Å². The normalized spacial score (nSPS) is 13.3. The average molecular weight is 1100 g/mol. The first-order valence-corrected chi connectivity index (χ1v) is 32.1. The number of hydrogen-bond acceptors (Lipinski definition) is 6. The van der Waals surface area contributed by atoms with Crippen LogP contribution in [-0.4, -0.2) is 37.2 Å². The smallest absolute Gasteiger partial charge is 0.310 e. The molecule has 0 saturated carbocycles. The molecule has 80 heavy (non-hydrogen) atoms. The van der Waals surface area contributed by atoms with Crippen LogP contribution in [0.2, 0.25) is 0 Å². The minimum absolute atomic E-state index is 0.0862. The third-order valence-corrected chi connectivity index (χ3v) is 13.0. The van der Waals surface area contributed by atoms with Crippen molar-refractivity contribution in [1.29, 1.82) is 0 Å². The van der Waals surface area contributed by atoms with Gasteiger partial charge < -0.3 is 14.2 Å². The zero-order valence-corrected chi connectivity index (χ0v) is 51.3. The Labute approximate surface area is 492 Å². The molecule has 0 N–H and O–H groups in total. The van der Waals surface area contributed by atoms with E-state index in [-0.39, 0.29) is 31.6 Å². The highest BCUT2D eigenvalue weighted by molar-refractivity contribution is 5.72. The zero-order valence-electron chi connectivity index (χ0n) is 51.3. The van der Waals surface area contributed by atoms with Crippen molar-refractivity contribution in [3.05, 3.63) is 170 Å². The molecular weight excluding hydrogens is 985 g/mol. The number of carbonyl (C=O) groups is 3. The molecule has 0 spiro atoms. The van der Waals surface area contributed by atoms with Crippen LogP contribution in [0.4, 0.5) is 0 Å². The van der Waals surface area contributed by atoms with Gasteiger partial charge in [-0.15, -0.1) is 0 Å². The van der Waals surface area contributed by atoms with Gasteiger partial charge in [0.25, 0.3) is 0 Å². The molecule has 6 heteroatoms. The number of hydrogen-bond donors (Lipinski definition) is 0. The van der Waals surface area contributed by atoms with E-state index in [0.717, 1.165) is 135 Å². The minimum atomic E-state index is -0.848. The zero-order chi connectivity index (χ0) is 57.8. The van der Waals surface area contributed by atoms with Gasteiger partial charge in [0.1, 0.15) is 13.2 Å². The molecule has 0 aromatic rings. The van der Waals surface area contributed by atoms with Crippen molar-refractivity contribution < 1.29 is 28.6 Å². The highest BCUT2D eigenvalue weighted by Crippen LogP contribution is 2.14. The van der Waals surface area contributed by atoms with Crippen molar-refractivity contribution in [2.45, 2.75) is 264 Å².